The fourth-order valence-electron chi connectivity index (χ4n) is 2.42. The van der Waals surface area contributed by atoms with Crippen molar-refractivity contribution >= 4 is 5.91 Å². The van der Waals surface area contributed by atoms with E-state index < -0.39 is 0 Å². The molecule has 0 radical (unpaired) electrons. The molecule has 112 valence electrons. The molecule has 1 heterocycles. The first-order valence-electron chi connectivity index (χ1n) is 6.98. The van der Waals surface area contributed by atoms with E-state index in [1.165, 1.54) is 0 Å². The van der Waals surface area contributed by atoms with E-state index in [2.05, 4.69) is 10.3 Å². The lowest BCUT2D eigenvalue weighted by Crippen LogP contribution is -2.41. The van der Waals surface area contributed by atoms with Crippen molar-refractivity contribution in [1.82, 2.24) is 14.9 Å². The lowest BCUT2D eigenvalue weighted by molar-refractivity contribution is 0.0902. The van der Waals surface area contributed by atoms with Gasteiger partial charge in [0.05, 0.1) is 19.0 Å². The highest BCUT2D eigenvalue weighted by Gasteiger charge is 2.22. The summed E-state index contributed by atoms with van der Waals surface area (Å²) in [5, 5.41) is 12.5. The highest BCUT2D eigenvalue weighted by molar-refractivity contribution is 5.92. The third kappa shape index (κ3) is 3.49. The second kappa shape index (κ2) is 6.54. The molecule has 2 aromatic rings. The predicted octanol–water partition coefficient (Wildman–Crippen LogP) is 1.62. The van der Waals surface area contributed by atoms with Crippen LogP contribution in [-0.4, -0.2) is 33.2 Å². The summed E-state index contributed by atoms with van der Waals surface area (Å²) < 4.78 is 1.72. The Balaban J connectivity index is 2.13. The number of carbonyl (C=O) groups is 1. The number of nitrogens with one attached hydrogen (secondary N) is 1. The smallest absolute Gasteiger partial charge is 0.271 e. The molecule has 2 unspecified atom stereocenters. The predicted molar refractivity (Wildman–Crippen MR) is 81.1 cm³/mol. The van der Waals surface area contributed by atoms with Gasteiger partial charge in [0.15, 0.2) is 0 Å². The van der Waals surface area contributed by atoms with Crippen LogP contribution < -0.4 is 5.32 Å². The Hall–Kier alpha value is -2.14. The molecule has 0 spiro atoms. The van der Waals surface area contributed by atoms with Crippen LogP contribution >= 0.6 is 0 Å². The van der Waals surface area contributed by atoms with Crippen LogP contribution in [-0.2, 0) is 7.05 Å². The van der Waals surface area contributed by atoms with Crippen molar-refractivity contribution in [2.45, 2.75) is 25.8 Å². The summed E-state index contributed by atoms with van der Waals surface area (Å²) in [7, 11) is 1.81. The fraction of sp³-hybridized carbons (Fsp3) is 0.375. The number of hydrogen-bond acceptors (Lipinski definition) is 3. The second-order valence-corrected chi connectivity index (χ2v) is 5.33. The Morgan fingerprint density at radius 3 is 2.71 bits per heavy atom. The van der Waals surface area contributed by atoms with Gasteiger partial charge in [0.2, 0.25) is 0 Å². The first-order valence-corrected chi connectivity index (χ1v) is 6.98. The maximum atomic E-state index is 12.1. The lowest BCUT2D eigenvalue weighted by atomic mass is 9.90. The lowest BCUT2D eigenvalue weighted by Gasteiger charge is -2.24. The number of benzene rings is 1. The molecule has 5 heteroatoms. The molecule has 1 amide bonds. The number of rotatable bonds is 5. The third-order valence-electron chi connectivity index (χ3n) is 3.73. The third-order valence-corrected chi connectivity index (χ3v) is 3.73. The molecule has 0 saturated heterocycles. The summed E-state index contributed by atoms with van der Waals surface area (Å²) in [5.41, 5.74) is 2.63. The monoisotopic (exact) mass is 287 g/mol. The van der Waals surface area contributed by atoms with Crippen LogP contribution in [0.4, 0.5) is 0 Å². The van der Waals surface area contributed by atoms with Crippen LogP contribution in [0.3, 0.4) is 0 Å². The maximum absolute atomic E-state index is 12.1. The second-order valence-electron chi connectivity index (χ2n) is 5.33. The average molecular weight is 287 g/mol. The summed E-state index contributed by atoms with van der Waals surface area (Å²) in [6.45, 7) is 3.91. The minimum atomic E-state index is -0.347. The first kappa shape index (κ1) is 15.3. The molecule has 2 atom stereocenters. The zero-order valence-electron chi connectivity index (χ0n) is 12.6. The minimum absolute atomic E-state index is 0.0175. The molecule has 1 aromatic carbocycles. The number of hydrogen-bond donors (Lipinski definition) is 2. The van der Waals surface area contributed by atoms with Gasteiger partial charge in [-0.25, -0.2) is 4.98 Å². The molecule has 0 saturated carbocycles. The van der Waals surface area contributed by atoms with Crippen LogP contribution in [0, 0.1) is 6.92 Å². The Morgan fingerprint density at radius 1 is 1.43 bits per heavy atom. The van der Waals surface area contributed by atoms with Crippen molar-refractivity contribution < 1.29 is 9.90 Å². The van der Waals surface area contributed by atoms with Gasteiger partial charge in [0.25, 0.3) is 5.91 Å². The Bertz CT molecular complexity index is 621. The largest absolute Gasteiger partial charge is 0.394 e. The number of nitrogens with zero attached hydrogens (tertiary/aromatic N) is 2. The van der Waals surface area contributed by atoms with Crippen LogP contribution in [0.15, 0.2) is 36.8 Å². The van der Waals surface area contributed by atoms with E-state index in [0.29, 0.717) is 5.69 Å². The molecule has 2 N–H and O–H groups in total. The van der Waals surface area contributed by atoms with Crippen molar-refractivity contribution in [2.75, 3.05) is 6.61 Å². The summed E-state index contributed by atoms with van der Waals surface area (Å²) in [6.07, 6.45) is 3.23. The molecule has 21 heavy (non-hydrogen) atoms. The number of aliphatic hydroxyl groups excluding tert-OH is 1. The van der Waals surface area contributed by atoms with Crippen LogP contribution in [0.5, 0.6) is 0 Å². The number of aliphatic hydroxyl groups is 1. The Morgan fingerprint density at radius 2 is 2.14 bits per heavy atom. The topological polar surface area (TPSA) is 67.2 Å². The molecule has 5 nitrogen and oxygen atoms in total. The van der Waals surface area contributed by atoms with Gasteiger partial charge in [0.1, 0.15) is 5.69 Å². The van der Waals surface area contributed by atoms with Crippen LogP contribution in [0.1, 0.15) is 34.5 Å². The van der Waals surface area contributed by atoms with Gasteiger partial charge in [-0.3, -0.25) is 4.79 Å². The van der Waals surface area contributed by atoms with E-state index in [1.807, 2.05) is 45.2 Å². The highest BCUT2D eigenvalue weighted by atomic mass is 16.3. The van der Waals surface area contributed by atoms with Crippen molar-refractivity contribution in [3.63, 3.8) is 0 Å². The highest BCUT2D eigenvalue weighted by Crippen LogP contribution is 2.22. The van der Waals surface area contributed by atoms with E-state index in [0.717, 1.165) is 11.1 Å². The molecule has 0 aliphatic carbocycles. The van der Waals surface area contributed by atoms with Gasteiger partial charge in [-0.2, -0.15) is 0 Å². The summed E-state index contributed by atoms with van der Waals surface area (Å²) >= 11 is 0. The molecule has 0 aliphatic heterocycles. The van der Waals surface area contributed by atoms with Crippen molar-refractivity contribution in [2.24, 2.45) is 7.05 Å². The van der Waals surface area contributed by atoms with Gasteiger partial charge in [-0.15, -0.1) is 0 Å². The van der Waals surface area contributed by atoms with Crippen LogP contribution in [0.2, 0.25) is 0 Å². The molecule has 0 bridgehead atoms. The molecule has 1 aromatic heterocycles. The zero-order valence-corrected chi connectivity index (χ0v) is 12.6. The van der Waals surface area contributed by atoms with Gasteiger partial charge >= 0.3 is 0 Å². The van der Waals surface area contributed by atoms with Gasteiger partial charge < -0.3 is 15.0 Å². The van der Waals surface area contributed by atoms with Gasteiger partial charge in [-0.1, -0.05) is 31.2 Å². The number of imidazole rings is 1. The fourth-order valence-corrected chi connectivity index (χ4v) is 2.42. The number of carbonyl (C=O) groups excluding carboxylic acids is 1. The number of aromatic nitrogens is 2. The summed E-state index contributed by atoms with van der Waals surface area (Å²) in [5.74, 6) is -0.251. The van der Waals surface area contributed by atoms with E-state index in [4.69, 9.17) is 0 Å². The van der Waals surface area contributed by atoms with Crippen LogP contribution in [0.25, 0.3) is 0 Å². The van der Waals surface area contributed by atoms with Crippen molar-refractivity contribution in [3.8, 4) is 0 Å². The van der Waals surface area contributed by atoms with E-state index in [9.17, 15) is 9.90 Å². The number of aryl methyl sites for hydroxylation is 2. The molecule has 0 fully saturated rings. The Kier molecular flexibility index (Phi) is 4.75. The number of amides is 1. The van der Waals surface area contributed by atoms with E-state index in [-0.39, 0.29) is 24.5 Å². The van der Waals surface area contributed by atoms with Crippen molar-refractivity contribution in [3.05, 3.63) is 53.6 Å². The first-order chi connectivity index (χ1) is 10.0. The molecular weight excluding hydrogens is 266 g/mol. The Labute approximate surface area is 124 Å². The maximum Gasteiger partial charge on any atom is 0.271 e. The molecule has 0 aliphatic rings. The normalized spacial score (nSPS) is 13.7. The standard InChI is InChI=1S/C16H21N3O2/c1-11-6-4-5-7-13(11)12(2)15(9-20)18-16(21)14-8-19(3)10-17-14/h4-8,10,12,15,20H,9H2,1-3H3,(H,18,21). The minimum Gasteiger partial charge on any atom is -0.394 e. The average Bonchev–Trinajstić information content (AvgIpc) is 2.91. The van der Waals surface area contributed by atoms with Gasteiger partial charge in [0, 0.05) is 19.2 Å². The quantitative estimate of drug-likeness (QED) is 0.878. The van der Waals surface area contributed by atoms with E-state index in [1.54, 1.807) is 17.1 Å². The SMILES string of the molecule is Cc1ccccc1C(C)C(CO)NC(=O)c1cn(C)cn1. The molecular formula is C16H21N3O2. The summed E-state index contributed by atoms with van der Waals surface area (Å²) in [6, 6.07) is 7.65. The van der Waals surface area contributed by atoms with Crippen molar-refractivity contribution in [1.29, 1.82) is 0 Å². The van der Waals surface area contributed by atoms with Gasteiger partial charge in [-0.05, 0) is 18.1 Å². The summed E-state index contributed by atoms with van der Waals surface area (Å²) in [4.78, 5) is 16.2. The zero-order chi connectivity index (χ0) is 15.4. The molecule has 2 rings (SSSR count). The van der Waals surface area contributed by atoms with E-state index >= 15 is 0 Å².